The zero-order valence-electron chi connectivity index (χ0n) is 7.99. The van der Waals surface area contributed by atoms with Crippen LogP contribution in [0.15, 0.2) is 12.8 Å². The number of aromatic amines is 1. The summed E-state index contributed by atoms with van der Waals surface area (Å²) in [6.07, 6.45) is 3.05. The molecule has 0 amide bonds. The summed E-state index contributed by atoms with van der Waals surface area (Å²) in [6, 6.07) is 0. The van der Waals surface area contributed by atoms with Crippen molar-refractivity contribution in [2.75, 3.05) is 7.05 Å². The molecule has 1 heterocycles. The summed E-state index contributed by atoms with van der Waals surface area (Å²) < 4.78 is 0. The number of nitrogens with one attached hydrogen (secondary N) is 2. The first-order chi connectivity index (χ1) is 5.70. The third-order valence-corrected chi connectivity index (χ3v) is 2.19. The highest BCUT2D eigenvalue weighted by Crippen LogP contribution is 2.18. The molecule has 1 rings (SSSR count). The molecule has 0 aliphatic heterocycles. The molecule has 0 aromatic carbocycles. The molecule has 12 heavy (non-hydrogen) atoms. The second kappa shape index (κ2) is 3.48. The van der Waals surface area contributed by atoms with Gasteiger partial charge in [0, 0.05) is 30.2 Å². The lowest BCUT2D eigenvalue weighted by molar-refractivity contribution is 1.07. The number of rotatable bonds is 3. The van der Waals surface area contributed by atoms with Crippen LogP contribution in [0.25, 0.3) is 5.70 Å². The van der Waals surface area contributed by atoms with Gasteiger partial charge in [0.15, 0.2) is 0 Å². The van der Waals surface area contributed by atoms with Gasteiger partial charge in [-0.2, -0.15) is 0 Å². The highest BCUT2D eigenvalue weighted by atomic mass is 14.8. The molecule has 0 unspecified atom stereocenters. The van der Waals surface area contributed by atoms with E-state index < -0.39 is 0 Å². The third-order valence-electron chi connectivity index (χ3n) is 2.19. The second-order valence-electron chi connectivity index (χ2n) is 2.89. The number of aromatic nitrogens is 1. The first kappa shape index (κ1) is 8.91. The summed E-state index contributed by atoms with van der Waals surface area (Å²) in [4.78, 5) is 3.20. The van der Waals surface area contributed by atoms with E-state index in [0.29, 0.717) is 0 Å². The number of hydrogen-bond acceptors (Lipinski definition) is 1. The van der Waals surface area contributed by atoms with E-state index in [9.17, 15) is 0 Å². The van der Waals surface area contributed by atoms with E-state index in [-0.39, 0.29) is 0 Å². The van der Waals surface area contributed by atoms with E-state index in [1.807, 2.05) is 13.2 Å². The maximum Gasteiger partial charge on any atom is 0.0356 e. The highest BCUT2D eigenvalue weighted by Gasteiger charge is 2.07. The van der Waals surface area contributed by atoms with Crippen LogP contribution in [0, 0.1) is 6.92 Å². The molecule has 1 aromatic heterocycles. The first-order valence-corrected chi connectivity index (χ1v) is 4.24. The van der Waals surface area contributed by atoms with Gasteiger partial charge in [0.1, 0.15) is 0 Å². The fraction of sp³-hybridized carbons (Fsp3) is 0.400. The van der Waals surface area contributed by atoms with Gasteiger partial charge in [-0.1, -0.05) is 13.5 Å². The van der Waals surface area contributed by atoms with Crippen LogP contribution in [-0.2, 0) is 6.42 Å². The Hall–Kier alpha value is -1.18. The van der Waals surface area contributed by atoms with Gasteiger partial charge in [-0.05, 0) is 18.9 Å². The molecule has 0 bridgehead atoms. The van der Waals surface area contributed by atoms with Crippen molar-refractivity contribution in [3.63, 3.8) is 0 Å². The highest BCUT2D eigenvalue weighted by molar-refractivity contribution is 5.65. The second-order valence-corrected chi connectivity index (χ2v) is 2.89. The molecule has 0 saturated carbocycles. The van der Waals surface area contributed by atoms with Crippen molar-refractivity contribution in [2.45, 2.75) is 20.3 Å². The lowest BCUT2D eigenvalue weighted by Crippen LogP contribution is -2.03. The molecule has 2 nitrogen and oxygen atoms in total. The van der Waals surface area contributed by atoms with Crippen molar-refractivity contribution >= 4 is 5.70 Å². The Labute approximate surface area is 73.7 Å². The normalized spacial score (nSPS) is 9.92. The molecule has 66 valence electrons. The van der Waals surface area contributed by atoms with Crippen LogP contribution in [0.3, 0.4) is 0 Å². The summed E-state index contributed by atoms with van der Waals surface area (Å²) in [7, 11) is 1.89. The van der Waals surface area contributed by atoms with Gasteiger partial charge in [0.05, 0.1) is 0 Å². The Morgan fingerprint density at radius 1 is 1.67 bits per heavy atom. The predicted octanol–water partition coefficient (Wildman–Crippen LogP) is 2.08. The molecule has 2 N–H and O–H groups in total. The van der Waals surface area contributed by atoms with E-state index in [2.05, 4.69) is 30.7 Å². The van der Waals surface area contributed by atoms with Crippen LogP contribution in [0.5, 0.6) is 0 Å². The van der Waals surface area contributed by atoms with Crippen LogP contribution in [0.4, 0.5) is 0 Å². The minimum atomic E-state index is 0.983. The van der Waals surface area contributed by atoms with Crippen LogP contribution in [0.1, 0.15) is 23.7 Å². The zero-order valence-corrected chi connectivity index (χ0v) is 7.99. The van der Waals surface area contributed by atoms with Crippen molar-refractivity contribution in [3.05, 3.63) is 29.6 Å². The van der Waals surface area contributed by atoms with Crippen LogP contribution >= 0.6 is 0 Å². The summed E-state index contributed by atoms with van der Waals surface area (Å²) in [5.41, 5.74) is 4.78. The summed E-state index contributed by atoms with van der Waals surface area (Å²) >= 11 is 0. The maximum atomic E-state index is 3.93. The van der Waals surface area contributed by atoms with Gasteiger partial charge in [0.25, 0.3) is 0 Å². The topological polar surface area (TPSA) is 27.8 Å². The van der Waals surface area contributed by atoms with E-state index in [1.165, 1.54) is 16.8 Å². The van der Waals surface area contributed by atoms with Gasteiger partial charge in [-0.15, -0.1) is 0 Å². The Morgan fingerprint density at radius 3 is 2.83 bits per heavy atom. The van der Waals surface area contributed by atoms with E-state index in [1.54, 1.807) is 0 Å². The summed E-state index contributed by atoms with van der Waals surface area (Å²) in [6.45, 7) is 8.18. The van der Waals surface area contributed by atoms with Crippen molar-refractivity contribution < 1.29 is 0 Å². The lowest BCUT2D eigenvalue weighted by Gasteiger charge is -2.04. The maximum absolute atomic E-state index is 3.93. The van der Waals surface area contributed by atoms with Gasteiger partial charge in [-0.3, -0.25) is 0 Å². The Bertz CT molecular complexity index is 284. The van der Waals surface area contributed by atoms with Crippen LogP contribution < -0.4 is 5.32 Å². The Morgan fingerprint density at radius 2 is 2.33 bits per heavy atom. The lowest BCUT2D eigenvalue weighted by atomic mass is 10.1. The standard InChI is InChI=1S/C10H16N2/c1-5-9-8(3)12-6-10(9)7(2)11-4/h6,11-12H,2,5H2,1,3-4H3. The smallest absolute Gasteiger partial charge is 0.0356 e. The minimum Gasteiger partial charge on any atom is -0.388 e. The zero-order chi connectivity index (χ0) is 9.14. The predicted molar refractivity (Wildman–Crippen MR) is 53.0 cm³/mol. The minimum absolute atomic E-state index is 0.983. The van der Waals surface area contributed by atoms with E-state index in [4.69, 9.17) is 0 Å². The fourth-order valence-electron chi connectivity index (χ4n) is 1.42. The van der Waals surface area contributed by atoms with Crippen molar-refractivity contribution in [1.82, 2.24) is 10.3 Å². The third kappa shape index (κ3) is 1.37. The molecular weight excluding hydrogens is 148 g/mol. The fourth-order valence-corrected chi connectivity index (χ4v) is 1.42. The molecule has 0 radical (unpaired) electrons. The molecule has 0 saturated heterocycles. The number of hydrogen-bond donors (Lipinski definition) is 2. The molecule has 0 fully saturated rings. The molecular formula is C10H16N2. The van der Waals surface area contributed by atoms with Gasteiger partial charge in [-0.25, -0.2) is 0 Å². The van der Waals surface area contributed by atoms with E-state index in [0.717, 1.165) is 12.1 Å². The number of H-pyrrole nitrogens is 1. The monoisotopic (exact) mass is 164 g/mol. The average Bonchev–Trinajstić information content (AvgIpc) is 2.45. The van der Waals surface area contributed by atoms with Crippen LogP contribution in [-0.4, -0.2) is 12.0 Å². The summed E-state index contributed by atoms with van der Waals surface area (Å²) in [5.74, 6) is 0. The summed E-state index contributed by atoms with van der Waals surface area (Å²) in [5, 5.41) is 3.05. The molecule has 0 aliphatic rings. The molecule has 0 aliphatic carbocycles. The largest absolute Gasteiger partial charge is 0.388 e. The molecule has 0 atom stereocenters. The Kier molecular flexibility index (Phi) is 2.58. The quantitative estimate of drug-likeness (QED) is 0.703. The van der Waals surface area contributed by atoms with Gasteiger partial charge < -0.3 is 10.3 Å². The Balaban J connectivity index is 3.07. The molecule has 1 aromatic rings. The van der Waals surface area contributed by atoms with E-state index >= 15 is 0 Å². The number of aryl methyl sites for hydroxylation is 1. The average molecular weight is 164 g/mol. The SMILES string of the molecule is C=C(NC)c1c[nH]c(C)c1CC. The van der Waals surface area contributed by atoms with Crippen molar-refractivity contribution in [1.29, 1.82) is 0 Å². The molecule has 0 spiro atoms. The first-order valence-electron chi connectivity index (χ1n) is 4.24. The van der Waals surface area contributed by atoms with Gasteiger partial charge in [0.2, 0.25) is 0 Å². The molecule has 2 heteroatoms. The van der Waals surface area contributed by atoms with Gasteiger partial charge >= 0.3 is 0 Å². The van der Waals surface area contributed by atoms with Crippen LogP contribution in [0.2, 0.25) is 0 Å². The van der Waals surface area contributed by atoms with Crippen molar-refractivity contribution in [2.24, 2.45) is 0 Å². The van der Waals surface area contributed by atoms with Crippen molar-refractivity contribution in [3.8, 4) is 0 Å².